The maximum absolute atomic E-state index is 12.6. The number of rotatable bonds is 3. The van der Waals surface area contributed by atoms with Gasteiger partial charge in [-0.1, -0.05) is 41.9 Å². The summed E-state index contributed by atoms with van der Waals surface area (Å²) in [5, 5.41) is 10.1. The van der Waals surface area contributed by atoms with Gasteiger partial charge < -0.3 is 0 Å². The summed E-state index contributed by atoms with van der Waals surface area (Å²) in [6, 6.07) is 21.8. The van der Waals surface area contributed by atoms with Crippen LogP contribution in [0.3, 0.4) is 0 Å². The summed E-state index contributed by atoms with van der Waals surface area (Å²) in [7, 11) is 0. The van der Waals surface area contributed by atoms with E-state index in [1.165, 1.54) is 4.57 Å². The molecule has 0 fully saturated rings. The Labute approximate surface area is 145 Å². The van der Waals surface area contributed by atoms with Crippen molar-refractivity contribution in [2.75, 3.05) is 0 Å². The number of carbonyl (C=O) groups excluding carboxylic acids is 1. The minimum absolute atomic E-state index is 0.139. The van der Waals surface area contributed by atoms with E-state index in [4.69, 9.17) is 11.6 Å². The molecule has 0 bridgehead atoms. The number of carbonyl (C=O) groups is 1. The van der Waals surface area contributed by atoms with Crippen molar-refractivity contribution in [1.29, 1.82) is 5.26 Å². The van der Waals surface area contributed by atoms with E-state index in [-0.39, 0.29) is 5.91 Å². The van der Waals surface area contributed by atoms with Gasteiger partial charge in [0, 0.05) is 22.5 Å². The Morgan fingerprint density at radius 3 is 2.33 bits per heavy atom. The standard InChI is InChI=1S/C20H13ClN2O/c21-18-10-8-15(9-11-18)17(14-22)13-19-7-4-12-23(19)20(24)16-5-2-1-3-6-16/h1-13H/b17-13+. The number of benzene rings is 2. The van der Waals surface area contributed by atoms with Crippen LogP contribution in [-0.2, 0) is 0 Å². The van der Waals surface area contributed by atoms with Gasteiger partial charge in [-0.2, -0.15) is 5.26 Å². The second-order valence-electron chi connectivity index (χ2n) is 5.15. The molecule has 0 spiro atoms. The fourth-order valence-electron chi connectivity index (χ4n) is 2.37. The quantitative estimate of drug-likeness (QED) is 0.641. The second kappa shape index (κ2) is 6.99. The van der Waals surface area contributed by atoms with Crippen molar-refractivity contribution >= 4 is 29.2 Å². The summed E-state index contributed by atoms with van der Waals surface area (Å²) in [6.45, 7) is 0. The summed E-state index contributed by atoms with van der Waals surface area (Å²) in [4.78, 5) is 12.6. The van der Waals surface area contributed by atoms with Crippen LogP contribution in [0.4, 0.5) is 0 Å². The Bertz CT molecular complexity index is 932. The van der Waals surface area contributed by atoms with Crippen LogP contribution in [0.1, 0.15) is 21.6 Å². The lowest BCUT2D eigenvalue weighted by molar-refractivity contribution is 0.0960. The number of halogens is 1. The maximum Gasteiger partial charge on any atom is 0.262 e. The van der Waals surface area contributed by atoms with E-state index in [0.29, 0.717) is 21.9 Å². The first-order valence-electron chi connectivity index (χ1n) is 7.34. The first-order valence-corrected chi connectivity index (χ1v) is 7.71. The maximum atomic E-state index is 12.6. The molecule has 0 saturated heterocycles. The highest BCUT2D eigenvalue weighted by Gasteiger charge is 2.11. The molecule has 0 saturated carbocycles. The van der Waals surface area contributed by atoms with Gasteiger partial charge in [-0.3, -0.25) is 9.36 Å². The minimum atomic E-state index is -0.139. The largest absolute Gasteiger partial charge is 0.284 e. The van der Waals surface area contributed by atoms with Crippen LogP contribution in [0.5, 0.6) is 0 Å². The number of aromatic nitrogens is 1. The van der Waals surface area contributed by atoms with Crippen molar-refractivity contribution in [3.8, 4) is 6.07 Å². The van der Waals surface area contributed by atoms with Gasteiger partial charge in [0.2, 0.25) is 0 Å². The van der Waals surface area contributed by atoms with Crippen molar-refractivity contribution < 1.29 is 4.79 Å². The summed E-state index contributed by atoms with van der Waals surface area (Å²) >= 11 is 5.89. The Morgan fingerprint density at radius 2 is 1.67 bits per heavy atom. The zero-order valence-corrected chi connectivity index (χ0v) is 13.4. The Hall–Kier alpha value is -3.09. The normalized spacial score (nSPS) is 11.1. The fraction of sp³-hybridized carbons (Fsp3) is 0. The van der Waals surface area contributed by atoms with Crippen molar-refractivity contribution in [3.63, 3.8) is 0 Å². The zero-order valence-electron chi connectivity index (χ0n) is 12.7. The summed E-state index contributed by atoms with van der Waals surface area (Å²) in [5.41, 5.74) is 2.46. The molecule has 0 unspecified atom stereocenters. The van der Waals surface area contributed by atoms with Crippen molar-refractivity contribution in [3.05, 3.63) is 94.8 Å². The molecule has 2 aromatic carbocycles. The number of nitriles is 1. The molecule has 3 rings (SSSR count). The molecule has 4 heteroatoms. The minimum Gasteiger partial charge on any atom is -0.284 e. The average Bonchev–Trinajstić information content (AvgIpc) is 3.09. The molecule has 0 radical (unpaired) electrons. The van der Waals surface area contributed by atoms with Crippen molar-refractivity contribution in [1.82, 2.24) is 4.57 Å². The third-order valence-electron chi connectivity index (χ3n) is 3.59. The van der Waals surface area contributed by atoms with E-state index in [9.17, 15) is 10.1 Å². The molecule has 0 aliphatic rings. The van der Waals surface area contributed by atoms with Crippen LogP contribution in [0.2, 0.25) is 5.02 Å². The van der Waals surface area contributed by atoms with Gasteiger partial charge in [0.1, 0.15) is 0 Å². The third-order valence-corrected chi connectivity index (χ3v) is 3.84. The molecule has 3 nitrogen and oxygen atoms in total. The van der Waals surface area contributed by atoms with Crippen LogP contribution >= 0.6 is 11.6 Å². The highest BCUT2D eigenvalue weighted by molar-refractivity contribution is 6.30. The molecule has 0 N–H and O–H groups in total. The smallest absolute Gasteiger partial charge is 0.262 e. The molecule has 0 aliphatic carbocycles. The summed E-state index contributed by atoms with van der Waals surface area (Å²) in [5.74, 6) is -0.139. The first-order chi connectivity index (χ1) is 11.7. The average molecular weight is 333 g/mol. The topological polar surface area (TPSA) is 45.8 Å². The van der Waals surface area contributed by atoms with Crippen LogP contribution in [0.25, 0.3) is 11.6 Å². The lowest BCUT2D eigenvalue weighted by Crippen LogP contribution is -2.12. The second-order valence-corrected chi connectivity index (χ2v) is 5.59. The highest BCUT2D eigenvalue weighted by atomic mass is 35.5. The molecular weight excluding hydrogens is 320 g/mol. The fourth-order valence-corrected chi connectivity index (χ4v) is 2.50. The van der Waals surface area contributed by atoms with Gasteiger partial charge in [-0.25, -0.2) is 0 Å². The van der Waals surface area contributed by atoms with E-state index in [2.05, 4.69) is 6.07 Å². The van der Waals surface area contributed by atoms with Crippen molar-refractivity contribution in [2.45, 2.75) is 0 Å². The first kappa shape index (κ1) is 15.8. The van der Waals surface area contributed by atoms with Gasteiger partial charge in [0.15, 0.2) is 0 Å². The molecular formula is C20H13ClN2O. The predicted molar refractivity (Wildman–Crippen MR) is 95.5 cm³/mol. The monoisotopic (exact) mass is 332 g/mol. The lowest BCUT2D eigenvalue weighted by atomic mass is 10.1. The zero-order chi connectivity index (χ0) is 16.9. The highest BCUT2D eigenvalue weighted by Crippen LogP contribution is 2.20. The van der Waals surface area contributed by atoms with Gasteiger partial charge >= 0.3 is 0 Å². The summed E-state index contributed by atoms with van der Waals surface area (Å²) < 4.78 is 1.53. The number of hydrogen-bond donors (Lipinski definition) is 0. The Balaban J connectivity index is 1.99. The van der Waals surface area contributed by atoms with Crippen LogP contribution in [0.15, 0.2) is 72.9 Å². The molecule has 0 atom stereocenters. The van der Waals surface area contributed by atoms with Gasteiger partial charge in [0.05, 0.1) is 11.6 Å². The SMILES string of the molecule is N#C/C(=C\c1cccn1C(=O)c1ccccc1)c1ccc(Cl)cc1. The molecule has 1 heterocycles. The van der Waals surface area contributed by atoms with Gasteiger partial charge in [0.25, 0.3) is 5.91 Å². The molecule has 0 aliphatic heterocycles. The number of allylic oxidation sites excluding steroid dienone is 1. The lowest BCUT2D eigenvalue weighted by Gasteiger charge is -2.06. The van der Waals surface area contributed by atoms with E-state index < -0.39 is 0 Å². The molecule has 0 amide bonds. The molecule has 116 valence electrons. The predicted octanol–water partition coefficient (Wildman–Crippen LogP) is 4.89. The number of nitrogens with zero attached hydrogens (tertiary/aromatic N) is 2. The molecule has 1 aromatic heterocycles. The van der Waals surface area contributed by atoms with Gasteiger partial charge in [-0.15, -0.1) is 0 Å². The van der Waals surface area contributed by atoms with E-state index >= 15 is 0 Å². The molecule has 24 heavy (non-hydrogen) atoms. The number of hydrogen-bond acceptors (Lipinski definition) is 2. The van der Waals surface area contributed by atoms with Crippen molar-refractivity contribution in [2.24, 2.45) is 0 Å². The van der Waals surface area contributed by atoms with E-state index in [0.717, 1.165) is 5.56 Å². The van der Waals surface area contributed by atoms with E-state index in [1.54, 1.807) is 60.8 Å². The van der Waals surface area contributed by atoms with E-state index in [1.807, 2.05) is 18.2 Å². The third kappa shape index (κ3) is 3.29. The van der Waals surface area contributed by atoms with Crippen LogP contribution in [0, 0.1) is 11.3 Å². The summed E-state index contributed by atoms with van der Waals surface area (Å²) in [6.07, 6.45) is 3.39. The Kier molecular flexibility index (Phi) is 4.60. The Morgan fingerprint density at radius 1 is 0.958 bits per heavy atom. The van der Waals surface area contributed by atoms with Gasteiger partial charge in [-0.05, 0) is 48.0 Å². The molecule has 3 aromatic rings. The van der Waals surface area contributed by atoms with Crippen LogP contribution < -0.4 is 0 Å². The van der Waals surface area contributed by atoms with Crippen LogP contribution in [-0.4, -0.2) is 10.5 Å².